The van der Waals surface area contributed by atoms with Gasteiger partial charge in [-0.05, 0) is 37.8 Å². The zero-order valence-electron chi connectivity index (χ0n) is 11.2. The molecule has 0 radical (unpaired) electrons. The van der Waals surface area contributed by atoms with E-state index in [2.05, 4.69) is 33.1 Å². The predicted octanol–water partition coefficient (Wildman–Crippen LogP) is 3.25. The maximum Gasteiger partial charge on any atom is 0.121 e. The fourth-order valence-electron chi connectivity index (χ4n) is 3.04. The van der Waals surface area contributed by atoms with Crippen molar-refractivity contribution in [1.29, 1.82) is 0 Å². The van der Waals surface area contributed by atoms with Gasteiger partial charge >= 0.3 is 0 Å². The number of piperidine rings is 1. The second-order valence-corrected chi connectivity index (χ2v) is 5.68. The van der Waals surface area contributed by atoms with E-state index in [1.54, 1.807) is 11.1 Å². The maximum atomic E-state index is 4.66. The summed E-state index contributed by atoms with van der Waals surface area (Å²) >= 11 is 0. The molecule has 1 aliphatic heterocycles. The van der Waals surface area contributed by atoms with Crippen molar-refractivity contribution in [2.24, 2.45) is 0 Å². The van der Waals surface area contributed by atoms with E-state index in [0.29, 0.717) is 0 Å². The van der Waals surface area contributed by atoms with Gasteiger partial charge in [-0.1, -0.05) is 23.3 Å². The van der Waals surface area contributed by atoms with Gasteiger partial charge < -0.3 is 4.98 Å². The number of hydrogen-bond donors (Lipinski definition) is 1. The number of hydrogen-bond acceptors (Lipinski definition) is 2. The molecule has 19 heavy (non-hydrogen) atoms. The maximum absolute atomic E-state index is 4.66. The SMILES string of the molecule is c1ccc2[nH]c(CN3CCC(=C4CC4)CC3)nc2c1. The number of nitrogens with zero attached hydrogens (tertiary/aromatic N) is 2. The van der Waals surface area contributed by atoms with Crippen LogP contribution >= 0.6 is 0 Å². The fourth-order valence-corrected chi connectivity index (χ4v) is 3.04. The molecule has 3 heteroatoms. The summed E-state index contributed by atoms with van der Waals surface area (Å²) in [4.78, 5) is 10.6. The number of allylic oxidation sites excluding steroid dienone is 1. The monoisotopic (exact) mass is 253 g/mol. The molecule has 0 unspecified atom stereocenters. The van der Waals surface area contributed by atoms with Crippen molar-refractivity contribution in [3.05, 3.63) is 41.2 Å². The van der Waals surface area contributed by atoms with Crippen molar-refractivity contribution in [3.8, 4) is 0 Å². The summed E-state index contributed by atoms with van der Waals surface area (Å²) in [7, 11) is 0. The lowest BCUT2D eigenvalue weighted by molar-refractivity contribution is 0.243. The van der Waals surface area contributed by atoms with E-state index < -0.39 is 0 Å². The second kappa shape index (κ2) is 4.49. The molecule has 0 amide bonds. The third kappa shape index (κ3) is 2.30. The number of benzene rings is 1. The summed E-state index contributed by atoms with van der Waals surface area (Å²) in [5.74, 6) is 1.10. The van der Waals surface area contributed by atoms with E-state index in [-0.39, 0.29) is 0 Å². The Kier molecular flexibility index (Phi) is 2.66. The minimum atomic E-state index is 0.956. The molecule has 1 saturated heterocycles. The molecule has 2 aromatic rings. The highest BCUT2D eigenvalue weighted by molar-refractivity contribution is 5.74. The van der Waals surface area contributed by atoms with Crippen LogP contribution in [0.5, 0.6) is 0 Å². The smallest absolute Gasteiger partial charge is 0.121 e. The van der Waals surface area contributed by atoms with Crippen LogP contribution in [0, 0.1) is 0 Å². The molecule has 2 heterocycles. The van der Waals surface area contributed by atoms with Crippen molar-refractivity contribution in [2.45, 2.75) is 32.2 Å². The van der Waals surface area contributed by atoms with E-state index in [0.717, 1.165) is 23.4 Å². The molecule has 4 rings (SSSR count). The first-order valence-corrected chi connectivity index (χ1v) is 7.24. The van der Waals surface area contributed by atoms with E-state index >= 15 is 0 Å². The van der Waals surface area contributed by atoms with Crippen molar-refractivity contribution >= 4 is 11.0 Å². The van der Waals surface area contributed by atoms with Crippen molar-refractivity contribution in [2.75, 3.05) is 13.1 Å². The van der Waals surface area contributed by atoms with Gasteiger partial charge in [0.15, 0.2) is 0 Å². The Labute approximate surface area is 113 Å². The van der Waals surface area contributed by atoms with Gasteiger partial charge in [0.2, 0.25) is 0 Å². The Morgan fingerprint density at radius 1 is 1.00 bits per heavy atom. The zero-order valence-corrected chi connectivity index (χ0v) is 11.2. The van der Waals surface area contributed by atoms with Gasteiger partial charge in [0.1, 0.15) is 5.82 Å². The van der Waals surface area contributed by atoms with Gasteiger partial charge in [-0.25, -0.2) is 4.98 Å². The van der Waals surface area contributed by atoms with Gasteiger partial charge in [-0.15, -0.1) is 0 Å². The Morgan fingerprint density at radius 2 is 1.74 bits per heavy atom. The number of likely N-dealkylation sites (tertiary alicyclic amines) is 1. The number of para-hydroxylation sites is 2. The summed E-state index contributed by atoms with van der Waals surface area (Å²) in [5.41, 5.74) is 5.73. The summed E-state index contributed by atoms with van der Waals surface area (Å²) in [6.45, 7) is 3.34. The standard InChI is InChI=1S/C16H19N3/c1-2-4-15-14(3-1)17-16(18-15)11-19-9-7-13(8-10-19)12-5-6-12/h1-4H,5-11H2,(H,17,18). The molecule has 98 valence electrons. The average Bonchev–Trinajstić information content (AvgIpc) is 3.20. The molecule has 1 aromatic heterocycles. The van der Waals surface area contributed by atoms with E-state index in [1.807, 2.05) is 6.07 Å². The lowest BCUT2D eigenvalue weighted by Gasteiger charge is -2.27. The van der Waals surface area contributed by atoms with Crippen molar-refractivity contribution in [3.63, 3.8) is 0 Å². The minimum Gasteiger partial charge on any atom is -0.341 e. The van der Waals surface area contributed by atoms with Gasteiger partial charge in [0.25, 0.3) is 0 Å². The number of aromatic nitrogens is 2. The van der Waals surface area contributed by atoms with Crippen LogP contribution in [0.3, 0.4) is 0 Å². The first-order chi connectivity index (χ1) is 9.38. The molecule has 1 saturated carbocycles. The van der Waals surface area contributed by atoms with Crippen molar-refractivity contribution in [1.82, 2.24) is 14.9 Å². The van der Waals surface area contributed by atoms with Gasteiger partial charge in [0, 0.05) is 13.1 Å². The molecule has 2 fully saturated rings. The number of fused-ring (bicyclic) bond motifs is 1. The first-order valence-electron chi connectivity index (χ1n) is 7.24. The summed E-state index contributed by atoms with van der Waals surface area (Å²) in [5, 5.41) is 0. The minimum absolute atomic E-state index is 0.956. The molecule has 2 aliphatic rings. The number of rotatable bonds is 2. The van der Waals surface area contributed by atoms with Crippen LogP contribution in [-0.2, 0) is 6.54 Å². The van der Waals surface area contributed by atoms with Gasteiger partial charge in [0.05, 0.1) is 17.6 Å². The highest BCUT2D eigenvalue weighted by atomic mass is 15.2. The third-order valence-corrected chi connectivity index (χ3v) is 4.27. The molecule has 1 aromatic carbocycles. The van der Waals surface area contributed by atoms with Crippen LogP contribution in [-0.4, -0.2) is 28.0 Å². The highest BCUT2D eigenvalue weighted by Crippen LogP contribution is 2.36. The predicted molar refractivity (Wildman–Crippen MR) is 76.9 cm³/mol. The topological polar surface area (TPSA) is 31.9 Å². The van der Waals surface area contributed by atoms with Crippen LogP contribution in [0.4, 0.5) is 0 Å². The van der Waals surface area contributed by atoms with Gasteiger partial charge in [-0.2, -0.15) is 0 Å². The third-order valence-electron chi connectivity index (χ3n) is 4.27. The van der Waals surface area contributed by atoms with Crippen LogP contribution in [0.2, 0.25) is 0 Å². The van der Waals surface area contributed by atoms with E-state index in [4.69, 9.17) is 0 Å². The Bertz CT molecular complexity index is 589. The van der Waals surface area contributed by atoms with Crippen molar-refractivity contribution < 1.29 is 0 Å². The Hall–Kier alpha value is -1.61. The van der Waals surface area contributed by atoms with Gasteiger partial charge in [-0.3, -0.25) is 4.90 Å². The molecule has 0 spiro atoms. The average molecular weight is 253 g/mol. The quantitative estimate of drug-likeness (QED) is 0.833. The molecular formula is C16H19N3. The lowest BCUT2D eigenvalue weighted by Crippen LogP contribution is -2.30. The largest absolute Gasteiger partial charge is 0.341 e. The molecule has 1 aliphatic carbocycles. The molecule has 0 atom stereocenters. The van der Waals surface area contributed by atoms with E-state index in [1.165, 1.54) is 38.8 Å². The molecular weight excluding hydrogens is 234 g/mol. The van der Waals surface area contributed by atoms with Crippen LogP contribution < -0.4 is 0 Å². The summed E-state index contributed by atoms with van der Waals surface area (Å²) in [6, 6.07) is 8.26. The highest BCUT2D eigenvalue weighted by Gasteiger charge is 2.22. The normalized spacial score (nSPS) is 20.2. The summed E-state index contributed by atoms with van der Waals surface area (Å²) < 4.78 is 0. The first kappa shape index (κ1) is 11.2. The molecule has 0 bridgehead atoms. The number of aromatic amines is 1. The lowest BCUT2D eigenvalue weighted by atomic mass is 10.0. The number of imidazole rings is 1. The van der Waals surface area contributed by atoms with E-state index in [9.17, 15) is 0 Å². The summed E-state index contributed by atoms with van der Waals surface area (Å²) in [6.07, 6.45) is 5.29. The number of nitrogens with one attached hydrogen (secondary N) is 1. The Morgan fingerprint density at radius 3 is 2.47 bits per heavy atom. The second-order valence-electron chi connectivity index (χ2n) is 5.68. The van der Waals surface area contributed by atoms with Crippen LogP contribution in [0.25, 0.3) is 11.0 Å². The Balaban J connectivity index is 1.45. The van der Waals surface area contributed by atoms with Crippen LogP contribution in [0.15, 0.2) is 35.4 Å². The van der Waals surface area contributed by atoms with Crippen LogP contribution in [0.1, 0.15) is 31.5 Å². The zero-order chi connectivity index (χ0) is 12.7. The molecule has 3 nitrogen and oxygen atoms in total. The molecule has 1 N–H and O–H groups in total. The number of H-pyrrole nitrogens is 1. The fraction of sp³-hybridized carbons (Fsp3) is 0.438.